The SMILES string of the molecule is CCCCCOC(=O)OCOc1ccnc(N(C)C2CCN(c3nc4ccccc4n3Cc3ccc(F)cc3)CC2)n1. The lowest BCUT2D eigenvalue weighted by Gasteiger charge is -2.37. The van der Waals surface area contributed by atoms with Gasteiger partial charge in [-0.2, -0.15) is 4.98 Å². The molecule has 4 aromatic rings. The van der Waals surface area contributed by atoms with Gasteiger partial charge in [0, 0.05) is 38.4 Å². The Balaban J connectivity index is 1.18. The van der Waals surface area contributed by atoms with Crippen molar-refractivity contribution in [3.8, 4) is 5.88 Å². The second-order valence-electron chi connectivity index (χ2n) is 10.3. The van der Waals surface area contributed by atoms with Crippen LogP contribution in [0, 0.1) is 5.82 Å². The lowest BCUT2D eigenvalue weighted by Crippen LogP contribution is -2.44. The first kappa shape index (κ1) is 29.1. The maximum Gasteiger partial charge on any atom is 0.511 e. The second kappa shape index (κ2) is 14.0. The summed E-state index contributed by atoms with van der Waals surface area (Å²) in [5.41, 5.74) is 3.01. The molecule has 1 fully saturated rings. The largest absolute Gasteiger partial charge is 0.511 e. The molecular weight excluding hydrogens is 539 g/mol. The van der Waals surface area contributed by atoms with E-state index in [2.05, 4.69) is 37.3 Å². The first-order valence-electron chi connectivity index (χ1n) is 14.4. The molecule has 2 aromatic heterocycles. The highest BCUT2D eigenvalue weighted by Gasteiger charge is 2.27. The highest BCUT2D eigenvalue weighted by Crippen LogP contribution is 2.28. The Hall–Kier alpha value is -4.41. The van der Waals surface area contributed by atoms with Gasteiger partial charge in [0.15, 0.2) is 0 Å². The number of hydrogen-bond acceptors (Lipinski definition) is 9. The minimum atomic E-state index is -0.754. The van der Waals surface area contributed by atoms with Gasteiger partial charge < -0.3 is 28.6 Å². The van der Waals surface area contributed by atoms with Gasteiger partial charge >= 0.3 is 6.16 Å². The lowest BCUT2D eigenvalue weighted by atomic mass is 10.0. The molecule has 2 aromatic carbocycles. The van der Waals surface area contributed by atoms with Crippen LogP contribution >= 0.6 is 0 Å². The Morgan fingerprint density at radius 3 is 2.60 bits per heavy atom. The molecule has 42 heavy (non-hydrogen) atoms. The summed E-state index contributed by atoms with van der Waals surface area (Å²) in [5.74, 6) is 1.53. The molecule has 11 heteroatoms. The third-order valence-electron chi connectivity index (χ3n) is 7.47. The third kappa shape index (κ3) is 7.26. The summed E-state index contributed by atoms with van der Waals surface area (Å²) in [6.45, 7) is 4.36. The van der Waals surface area contributed by atoms with E-state index in [1.54, 1.807) is 12.3 Å². The predicted molar refractivity (Wildman–Crippen MR) is 158 cm³/mol. The first-order valence-corrected chi connectivity index (χ1v) is 14.4. The maximum atomic E-state index is 13.5. The fourth-order valence-corrected chi connectivity index (χ4v) is 5.12. The highest BCUT2D eigenvalue weighted by atomic mass is 19.1. The molecule has 0 radical (unpaired) electrons. The van der Waals surface area contributed by atoms with Crippen LogP contribution in [0.4, 0.5) is 21.1 Å². The monoisotopic (exact) mass is 576 g/mol. The molecule has 0 bridgehead atoms. The number of nitrogens with zero attached hydrogens (tertiary/aromatic N) is 6. The number of fused-ring (bicyclic) bond motifs is 1. The topological polar surface area (TPSA) is 94.8 Å². The number of carbonyl (C=O) groups is 1. The van der Waals surface area contributed by atoms with Crippen LogP contribution in [0.25, 0.3) is 11.0 Å². The summed E-state index contributed by atoms with van der Waals surface area (Å²) in [6, 6.07) is 16.6. The number of benzene rings is 2. The van der Waals surface area contributed by atoms with Crippen molar-refractivity contribution in [1.82, 2.24) is 19.5 Å². The number of rotatable bonds is 12. The van der Waals surface area contributed by atoms with E-state index in [0.717, 1.165) is 67.7 Å². The van der Waals surface area contributed by atoms with Gasteiger partial charge in [0.05, 0.1) is 24.2 Å². The van der Waals surface area contributed by atoms with Crippen LogP contribution in [-0.4, -0.2) is 65.3 Å². The summed E-state index contributed by atoms with van der Waals surface area (Å²) in [6.07, 6.45) is 5.50. The van der Waals surface area contributed by atoms with Gasteiger partial charge in [-0.05, 0) is 49.1 Å². The fourth-order valence-electron chi connectivity index (χ4n) is 5.12. The van der Waals surface area contributed by atoms with E-state index in [1.165, 1.54) is 12.1 Å². The first-order chi connectivity index (χ1) is 20.5. The molecule has 0 amide bonds. The van der Waals surface area contributed by atoms with Crippen molar-refractivity contribution in [2.75, 3.05) is 43.3 Å². The number of hydrogen-bond donors (Lipinski definition) is 0. The molecule has 5 rings (SSSR count). The number of anilines is 2. The zero-order valence-corrected chi connectivity index (χ0v) is 24.1. The molecule has 0 aliphatic carbocycles. The normalized spacial score (nSPS) is 13.7. The summed E-state index contributed by atoms with van der Waals surface area (Å²) in [4.78, 5) is 30.0. The molecule has 1 saturated heterocycles. The van der Waals surface area contributed by atoms with Crippen molar-refractivity contribution >= 4 is 29.1 Å². The molecule has 1 aliphatic rings. The van der Waals surface area contributed by atoms with Gasteiger partial charge in [0.2, 0.25) is 24.6 Å². The van der Waals surface area contributed by atoms with Crippen LogP contribution in [0.5, 0.6) is 5.88 Å². The van der Waals surface area contributed by atoms with Gasteiger partial charge in [-0.15, -0.1) is 0 Å². The van der Waals surface area contributed by atoms with Crippen molar-refractivity contribution in [2.45, 2.75) is 51.6 Å². The molecule has 0 spiro atoms. The number of unbranched alkanes of at least 4 members (excludes halogenated alkanes) is 2. The number of ether oxygens (including phenoxy) is 3. The Kier molecular flexibility index (Phi) is 9.68. The predicted octanol–water partition coefficient (Wildman–Crippen LogP) is 5.80. The Bertz CT molecular complexity index is 1460. The number of imidazole rings is 1. The highest BCUT2D eigenvalue weighted by molar-refractivity contribution is 5.79. The van der Waals surface area contributed by atoms with Crippen molar-refractivity contribution in [3.05, 3.63) is 72.2 Å². The van der Waals surface area contributed by atoms with Crippen LogP contribution < -0.4 is 14.5 Å². The molecule has 0 N–H and O–H groups in total. The number of halogens is 1. The third-order valence-corrected chi connectivity index (χ3v) is 7.47. The van der Waals surface area contributed by atoms with Gasteiger partial charge in [0.25, 0.3) is 0 Å². The van der Waals surface area contributed by atoms with Crippen molar-refractivity contribution in [2.24, 2.45) is 0 Å². The van der Waals surface area contributed by atoms with Crippen LogP contribution in [0.15, 0.2) is 60.8 Å². The number of carbonyl (C=O) groups excluding carboxylic acids is 1. The van der Waals surface area contributed by atoms with E-state index in [0.29, 0.717) is 25.0 Å². The molecule has 0 atom stereocenters. The Morgan fingerprint density at radius 2 is 1.81 bits per heavy atom. The van der Waals surface area contributed by atoms with Gasteiger partial charge in [0.1, 0.15) is 5.82 Å². The average Bonchev–Trinajstić information content (AvgIpc) is 3.38. The zero-order chi connectivity index (χ0) is 29.3. The number of piperidine rings is 1. The van der Waals surface area contributed by atoms with E-state index in [9.17, 15) is 9.18 Å². The van der Waals surface area contributed by atoms with Crippen LogP contribution in [-0.2, 0) is 16.0 Å². The quantitative estimate of drug-likeness (QED) is 0.118. The van der Waals surface area contributed by atoms with Crippen LogP contribution in [0.3, 0.4) is 0 Å². The molecule has 0 unspecified atom stereocenters. The molecular formula is C31H37FN6O4. The maximum absolute atomic E-state index is 13.5. The second-order valence-corrected chi connectivity index (χ2v) is 10.3. The molecule has 0 saturated carbocycles. The van der Waals surface area contributed by atoms with E-state index in [4.69, 9.17) is 19.2 Å². The summed E-state index contributed by atoms with van der Waals surface area (Å²) < 4.78 is 31.2. The zero-order valence-electron chi connectivity index (χ0n) is 24.1. The summed E-state index contributed by atoms with van der Waals surface area (Å²) in [5, 5.41) is 0. The minimum absolute atomic E-state index is 0.223. The van der Waals surface area contributed by atoms with Crippen molar-refractivity contribution in [3.63, 3.8) is 0 Å². The number of aromatic nitrogens is 4. The smallest absolute Gasteiger partial charge is 0.440 e. The average molecular weight is 577 g/mol. The van der Waals surface area contributed by atoms with Gasteiger partial charge in [-0.3, -0.25) is 0 Å². The Morgan fingerprint density at radius 1 is 1.02 bits per heavy atom. The van der Waals surface area contributed by atoms with E-state index < -0.39 is 6.16 Å². The lowest BCUT2D eigenvalue weighted by molar-refractivity contribution is 0.00259. The molecule has 10 nitrogen and oxygen atoms in total. The fraction of sp³-hybridized carbons (Fsp3) is 0.419. The van der Waals surface area contributed by atoms with E-state index >= 15 is 0 Å². The number of para-hydroxylation sites is 2. The van der Waals surface area contributed by atoms with Crippen LogP contribution in [0.1, 0.15) is 44.6 Å². The van der Waals surface area contributed by atoms with Crippen molar-refractivity contribution < 1.29 is 23.4 Å². The summed E-state index contributed by atoms with van der Waals surface area (Å²) in [7, 11) is 1.98. The van der Waals surface area contributed by atoms with E-state index in [1.807, 2.05) is 37.4 Å². The van der Waals surface area contributed by atoms with E-state index in [-0.39, 0.29) is 18.7 Å². The Labute approximate surface area is 245 Å². The van der Waals surface area contributed by atoms with Gasteiger partial charge in [-0.1, -0.05) is 44.0 Å². The molecule has 1 aliphatic heterocycles. The standard InChI is InChI=1S/C31H37FN6O4/c1-3-4-7-20-40-31(39)42-22-41-28-14-17-33-29(35-28)36(2)25-15-18-37(19-16-25)30-34-26-8-5-6-9-27(26)38(30)21-23-10-12-24(32)13-11-23/h5-6,8-14,17,25H,3-4,7,15-16,18-22H2,1-2H3. The molecule has 3 heterocycles. The van der Waals surface area contributed by atoms with Gasteiger partial charge in [-0.25, -0.2) is 19.2 Å². The summed E-state index contributed by atoms with van der Waals surface area (Å²) >= 11 is 0. The van der Waals surface area contributed by atoms with Crippen molar-refractivity contribution in [1.29, 1.82) is 0 Å². The molecule has 222 valence electrons. The minimum Gasteiger partial charge on any atom is -0.440 e. The van der Waals surface area contributed by atoms with Crippen LogP contribution in [0.2, 0.25) is 0 Å².